The molecule has 0 aliphatic carbocycles. The van der Waals surface area contributed by atoms with Crippen molar-refractivity contribution in [3.8, 4) is 0 Å². The van der Waals surface area contributed by atoms with E-state index in [2.05, 4.69) is 16.7 Å². The summed E-state index contributed by atoms with van der Waals surface area (Å²) in [5.41, 5.74) is 0. The number of carbonyl (C=O) groups is 2. The van der Waals surface area contributed by atoms with Gasteiger partial charge in [0.2, 0.25) is 5.76 Å². The summed E-state index contributed by atoms with van der Waals surface area (Å²) in [5, 5.41) is 0. The van der Waals surface area contributed by atoms with Crippen LogP contribution >= 0.6 is 0 Å². The van der Waals surface area contributed by atoms with Crippen LogP contribution in [0.25, 0.3) is 0 Å². The number of nitrogens with zero attached hydrogens (tertiary/aromatic N) is 1. The normalized spacial score (nSPS) is 12.2. The Hall–Kier alpha value is -2.11. The lowest BCUT2D eigenvalue weighted by atomic mass is 10.1. The molecule has 1 aromatic rings. The summed E-state index contributed by atoms with van der Waals surface area (Å²) in [6.07, 6.45) is 13.8. The third-order valence-corrected chi connectivity index (χ3v) is 4.53. The molecular formula is C22H35NO5. The van der Waals surface area contributed by atoms with E-state index in [0.717, 1.165) is 12.8 Å². The van der Waals surface area contributed by atoms with Gasteiger partial charge in [0.15, 0.2) is 0 Å². The van der Waals surface area contributed by atoms with E-state index in [1.54, 1.807) is 19.1 Å². The van der Waals surface area contributed by atoms with E-state index in [1.165, 1.54) is 64.7 Å². The van der Waals surface area contributed by atoms with Crippen LogP contribution in [0.4, 0.5) is 0 Å². The van der Waals surface area contributed by atoms with Crippen LogP contribution in [0.3, 0.4) is 0 Å². The van der Waals surface area contributed by atoms with E-state index in [-0.39, 0.29) is 5.76 Å². The molecule has 6 nitrogen and oxygen atoms in total. The maximum absolute atomic E-state index is 12.0. The molecule has 0 bridgehead atoms. The van der Waals surface area contributed by atoms with E-state index < -0.39 is 18.0 Å². The van der Waals surface area contributed by atoms with Gasteiger partial charge in [-0.1, -0.05) is 64.7 Å². The SMILES string of the molecule is CCCCCCCCCCCCOC(=O)c1ccc(/C=N/C(C)C(=O)OC)o1. The van der Waals surface area contributed by atoms with Crippen molar-refractivity contribution in [2.45, 2.75) is 84.1 Å². The van der Waals surface area contributed by atoms with Crippen LogP contribution in [0, 0.1) is 0 Å². The third kappa shape index (κ3) is 10.3. The molecule has 1 heterocycles. The first-order valence-corrected chi connectivity index (χ1v) is 10.5. The quantitative estimate of drug-likeness (QED) is 0.228. The summed E-state index contributed by atoms with van der Waals surface area (Å²) >= 11 is 0. The van der Waals surface area contributed by atoms with Crippen molar-refractivity contribution in [3.05, 3.63) is 23.7 Å². The second-order valence-electron chi connectivity index (χ2n) is 7.00. The average Bonchev–Trinajstić information content (AvgIpc) is 3.18. The molecule has 6 heteroatoms. The van der Waals surface area contributed by atoms with Crippen LogP contribution in [-0.2, 0) is 14.3 Å². The minimum absolute atomic E-state index is 0.138. The van der Waals surface area contributed by atoms with E-state index >= 15 is 0 Å². The molecule has 1 rings (SSSR count). The fourth-order valence-electron chi connectivity index (χ4n) is 2.77. The topological polar surface area (TPSA) is 78.1 Å². The van der Waals surface area contributed by atoms with Crippen molar-refractivity contribution in [1.82, 2.24) is 0 Å². The fraction of sp³-hybridized carbons (Fsp3) is 0.682. The van der Waals surface area contributed by atoms with Gasteiger partial charge in [-0.05, 0) is 25.5 Å². The van der Waals surface area contributed by atoms with Gasteiger partial charge in [0.25, 0.3) is 0 Å². The Bertz CT molecular complexity index is 594. The molecule has 158 valence electrons. The maximum atomic E-state index is 12.0. The number of unbranched alkanes of at least 4 members (excludes halogenated alkanes) is 9. The van der Waals surface area contributed by atoms with Crippen molar-refractivity contribution in [2.24, 2.45) is 4.99 Å². The molecule has 0 spiro atoms. The summed E-state index contributed by atoms with van der Waals surface area (Å²) in [6, 6.07) is 2.54. The fourth-order valence-corrected chi connectivity index (χ4v) is 2.77. The minimum Gasteiger partial charge on any atom is -0.467 e. The number of ether oxygens (including phenoxy) is 2. The Balaban J connectivity index is 2.14. The van der Waals surface area contributed by atoms with Crippen LogP contribution in [-0.4, -0.2) is 37.9 Å². The predicted octanol–water partition coefficient (Wildman–Crippen LogP) is 5.34. The Morgan fingerprint density at radius 3 is 2.25 bits per heavy atom. The number of aliphatic imine (C=N–C) groups is 1. The van der Waals surface area contributed by atoms with Gasteiger partial charge in [-0.2, -0.15) is 0 Å². The van der Waals surface area contributed by atoms with Crippen LogP contribution in [0.5, 0.6) is 0 Å². The standard InChI is InChI=1S/C22H35NO5/c1-4-5-6-7-8-9-10-11-12-13-16-27-22(25)20-15-14-19(28-20)17-23-18(2)21(24)26-3/h14-15,17-18H,4-13,16H2,1-3H3/b23-17+. The molecular weight excluding hydrogens is 358 g/mol. The number of methoxy groups -OCH3 is 1. The first kappa shape index (κ1) is 23.9. The molecule has 0 radical (unpaired) electrons. The Morgan fingerprint density at radius 1 is 1.04 bits per heavy atom. The van der Waals surface area contributed by atoms with Crippen LogP contribution in [0.15, 0.2) is 21.5 Å². The number of carbonyl (C=O) groups excluding carboxylic acids is 2. The molecule has 1 unspecified atom stereocenters. The Kier molecular flexibility index (Phi) is 12.7. The lowest BCUT2D eigenvalue weighted by molar-refractivity contribution is -0.141. The van der Waals surface area contributed by atoms with Crippen molar-refractivity contribution in [2.75, 3.05) is 13.7 Å². The number of rotatable bonds is 15. The highest BCUT2D eigenvalue weighted by Gasteiger charge is 2.13. The smallest absolute Gasteiger partial charge is 0.374 e. The van der Waals surface area contributed by atoms with E-state index in [9.17, 15) is 9.59 Å². The lowest BCUT2D eigenvalue weighted by Gasteiger charge is -2.04. The van der Waals surface area contributed by atoms with Crippen molar-refractivity contribution in [3.63, 3.8) is 0 Å². The first-order chi connectivity index (χ1) is 13.6. The van der Waals surface area contributed by atoms with Gasteiger partial charge >= 0.3 is 11.9 Å². The number of esters is 2. The zero-order valence-electron chi connectivity index (χ0n) is 17.6. The van der Waals surface area contributed by atoms with Crippen LogP contribution in [0.2, 0.25) is 0 Å². The minimum atomic E-state index is -0.623. The van der Waals surface area contributed by atoms with Crippen LogP contribution in [0.1, 0.15) is 94.4 Å². The highest BCUT2D eigenvalue weighted by Crippen LogP contribution is 2.12. The largest absolute Gasteiger partial charge is 0.467 e. The average molecular weight is 394 g/mol. The maximum Gasteiger partial charge on any atom is 0.374 e. The van der Waals surface area contributed by atoms with Gasteiger partial charge in [-0.25, -0.2) is 9.59 Å². The zero-order valence-corrected chi connectivity index (χ0v) is 17.6. The molecule has 0 amide bonds. The van der Waals surface area contributed by atoms with Crippen molar-refractivity contribution < 1.29 is 23.5 Å². The summed E-state index contributed by atoms with van der Waals surface area (Å²) in [5.74, 6) is -0.378. The Labute approximate surface area is 168 Å². The highest BCUT2D eigenvalue weighted by molar-refractivity contribution is 5.88. The summed E-state index contributed by atoms with van der Waals surface area (Å²) in [4.78, 5) is 27.3. The highest BCUT2D eigenvalue weighted by atomic mass is 16.5. The first-order valence-electron chi connectivity index (χ1n) is 10.5. The molecule has 1 aromatic heterocycles. The van der Waals surface area contributed by atoms with Crippen molar-refractivity contribution >= 4 is 18.2 Å². The Morgan fingerprint density at radius 2 is 1.64 bits per heavy atom. The predicted molar refractivity (Wildman–Crippen MR) is 110 cm³/mol. The summed E-state index contributed by atoms with van der Waals surface area (Å²) < 4.78 is 15.2. The second kappa shape index (κ2) is 14.9. The van der Waals surface area contributed by atoms with Gasteiger partial charge in [-0.3, -0.25) is 4.99 Å². The summed E-state index contributed by atoms with van der Waals surface area (Å²) in [7, 11) is 1.31. The van der Waals surface area contributed by atoms with Crippen LogP contribution < -0.4 is 0 Å². The summed E-state index contributed by atoms with van der Waals surface area (Å²) in [6.45, 7) is 4.26. The van der Waals surface area contributed by atoms with E-state index in [4.69, 9.17) is 9.15 Å². The van der Waals surface area contributed by atoms with E-state index in [0.29, 0.717) is 12.4 Å². The lowest BCUT2D eigenvalue weighted by Crippen LogP contribution is -2.16. The number of hydrogen-bond donors (Lipinski definition) is 0. The van der Waals surface area contributed by atoms with E-state index in [1.807, 2.05) is 0 Å². The molecule has 0 saturated heterocycles. The molecule has 0 aliphatic heterocycles. The molecule has 1 atom stereocenters. The number of furan rings is 1. The second-order valence-corrected chi connectivity index (χ2v) is 7.00. The van der Waals surface area contributed by atoms with Gasteiger partial charge in [-0.15, -0.1) is 0 Å². The molecule has 0 N–H and O–H groups in total. The molecule has 0 fully saturated rings. The van der Waals surface area contributed by atoms with Crippen molar-refractivity contribution in [1.29, 1.82) is 0 Å². The molecule has 0 aliphatic rings. The zero-order chi connectivity index (χ0) is 20.6. The van der Waals surface area contributed by atoms with Gasteiger partial charge in [0.05, 0.1) is 19.9 Å². The number of hydrogen-bond acceptors (Lipinski definition) is 6. The molecule has 28 heavy (non-hydrogen) atoms. The molecule has 0 saturated carbocycles. The third-order valence-electron chi connectivity index (χ3n) is 4.53. The monoisotopic (exact) mass is 393 g/mol. The van der Waals surface area contributed by atoms with Gasteiger partial charge < -0.3 is 13.9 Å². The molecule has 0 aromatic carbocycles. The van der Waals surface area contributed by atoms with Gasteiger partial charge in [0.1, 0.15) is 11.8 Å². The van der Waals surface area contributed by atoms with Gasteiger partial charge in [0, 0.05) is 0 Å².